The maximum absolute atomic E-state index is 13.2. The van der Waals surface area contributed by atoms with Crippen molar-refractivity contribution in [3.8, 4) is 0 Å². The second-order valence-electron chi connectivity index (χ2n) is 7.91. The van der Waals surface area contributed by atoms with Gasteiger partial charge in [-0.2, -0.15) is 5.10 Å². The lowest BCUT2D eigenvalue weighted by atomic mass is 10.1. The van der Waals surface area contributed by atoms with Crippen molar-refractivity contribution in [2.75, 3.05) is 26.2 Å². The summed E-state index contributed by atoms with van der Waals surface area (Å²) in [6.45, 7) is 9.82. The SMILES string of the molecule is Cc1nn(Cc2c(C(=O)N3CCN(Cc4cccc(Br)c4)CC3)noc2C)c(C)c1Cl. The highest BCUT2D eigenvalue weighted by Gasteiger charge is 2.28. The predicted octanol–water partition coefficient (Wildman–Crippen LogP) is 4.22. The fourth-order valence-electron chi connectivity index (χ4n) is 3.88. The highest BCUT2D eigenvalue weighted by atomic mass is 79.9. The maximum Gasteiger partial charge on any atom is 0.276 e. The van der Waals surface area contributed by atoms with Crippen LogP contribution >= 0.6 is 27.5 Å². The number of carbonyl (C=O) groups excluding carboxylic acids is 1. The van der Waals surface area contributed by atoms with Gasteiger partial charge in [-0.05, 0) is 38.5 Å². The summed E-state index contributed by atoms with van der Waals surface area (Å²) in [6, 6.07) is 8.33. The number of aromatic nitrogens is 3. The summed E-state index contributed by atoms with van der Waals surface area (Å²) >= 11 is 9.80. The van der Waals surface area contributed by atoms with Gasteiger partial charge in [0.25, 0.3) is 5.91 Å². The molecule has 0 N–H and O–H groups in total. The molecule has 1 aliphatic rings. The van der Waals surface area contributed by atoms with E-state index in [2.05, 4.69) is 43.2 Å². The summed E-state index contributed by atoms with van der Waals surface area (Å²) in [5, 5.41) is 9.20. The van der Waals surface area contributed by atoms with Crippen LogP contribution in [0.3, 0.4) is 0 Å². The lowest BCUT2D eigenvalue weighted by Crippen LogP contribution is -2.48. The summed E-state index contributed by atoms with van der Waals surface area (Å²) in [5.74, 6) is 0.530. The standard InChI is InChI=1S/C22H25BrClN5O2/c1-14-20(24)15(2)29(25-14)13-19-16(3)31-26-21(19)22(30)28-9-7-27(8-10-28)12-17-5-4-6-18(23)11-17/h4-6,11H,7-10,12-13H2,1-3H3. The van der Waals surface area contributed by atoms with Gasteiger partial charge in [-0.25, -0.2) is 0 Å². The van der Waals surface area contributed by atoms with Crippen molar-refractivity contribution >= 4 is 33.4 Å². The van der Waals surface area contributed by atoms with Crippen molar-refractivity contribution in [3.63, 3.8) is 0 Å². The minimum atomic E-state index is -0.0958. The highest BCUT2D eigenvalue weighted by Crippen LogP contribution is 2.23. The maximum atomic E-state index is 13.2. The fourth-order valence-corrected chi connectivity index (χ4v) is 4.46. The van der Waals surface area contributed by atoms with Gasteiger partial charge in [-0.3, -0.25) is 14.4 Å². The molecule has 0 unspecified atom stereocenters. The summed E-state index contributed by atoms with van der Waals surface area (Å²) in [5.41, 5.74) is 4.00. The Morgan fingerprint density at radius 3 is 2.55 bits per heavy atom. The zero-order valence-electron chi connectivity index (χ0n) is 17.9. The summed E-state index contributed by atoms with van der Waals surface area (Å²) < 4.78 is 8.26. The van der Waals surface area contributed by atoms with Gasteiger partial charge in [-0.15, -0.1) is 0 Å². The lowest BCUT2D eigenvalue weighted by molar-refractivity contribution is 0.0617. The molecule has 1 aliphatic heterocycles. The van der Waals surface area contributed by atoms with Crippen molar-refractivity contribution in [2.24, 2.45) is 0 Å². The Hall–Kier alpha value is -2.16. The minimum Gasteiger partial charge on any atom is -0.361 e. The van der Waals surface area contributed by atoms with E-state index in [1.165, 1.54) is 5.56 Å². The minimum absolute atomic E-state index is 0.0958. The van der Waals surface area contributed by atoms with E-state index in [9.17, 15) is 4.79 Å². The normalized spacial score (nSPS) is 14.9. The zero-order valence-corrected chi connectivity index (χ0v) is 20.2. The number of aryl methyl sites for hydroxylation is 2. The molecule has 0 spiro atoms. The van der Waals surface area contributed by atoms with Gasteiger partial charge in [0, 0.05) is 42.8 Å². The molecule has 0 bridgehead atoms. The molecule has 4 rings (SSSR count). The van der Waals surface area contributed by atoms with Crippen LogP contribution in [0.4, 0.5) is 0 Å². The first-order chi connectivity index (χ1) is 14.8. The smallest absolute Gasteiger partial charge is 0.276 e. The molecule has 7 nitrogen and oxygen atoms in total. The van der Waals surface area contributed by atoms with E-state index in [0.717, 1.165) is 41.1 Å². The van der Waals surface area contributed by atoms with Crippen LogP contribution in [0.2, 0.25) is 5.02 Å². The van der Waals surface area contributed by atoms with Crippen LogP contribution in [-0.4, -0.2) is 56.8 Å². The quantitative estimate of drug-likeness (QED) is 0.518. The van der Waals surface area contributed by atoms with Gasteiger partial charge in [-0.1, -0.05) is 44.8 Å². The van der Waals surface area contributed by atoms with Gasteiger partial charge in [0.15, 0.2) is 5.69 Å². The predicted molar refractivity (Wildman–Crippen MR) is 122 cm³/mol. The fraction of sp³-hybridized carbons (Fsp3) is 0.409. The number of carbonyl (C=O) groups is 1. The average Bonchev–Trinajstić information content (AvgIpc) is 3.23. The van der Waals surface area contributed by atoms with E-state index >= 15 is 0 Å². The van der Waals surface area contributed by atoms with Gasteiger partial charge < -0.3 is 9.42 Å². The number of rotatable bonds is 5. The Morgan fingerprint density at radius 1 is 1.16 bits per heavy atom. The van der Waals surface area contributed by atoms with Gasteiger partial charge in [0.05, 0.1) is 23.0 Å². The van der Waals surface area contributed by atoms with E-state index in [1.807, 2.05) is 37.8 Å². The van der Waals surface area contributed by atoms with E-state index < -0.39 is 0 Å². The number of nitrogens with zero attached hydrogens (tertiary/aromatic N) is 5. The molecule has 3 heterocycles. The monoisotopic (exact) mass is 505 g/mol. The van der Waals surface area contributed by atoms with Crippen molar-refractivity contribution in [2.45, 2.75) is 33.9 Å². The topological polar surface area (TPSA) is 67.4 Å². The molecule has 3 aromatic rings. The van der Waals surface area contributed by atoms with Gasteiger partial charge in [0.1, 0.15) is 5.76 Å². The molecule has 164 valence electrons. The van der Waals surface area contributed by atoms with Crippen molar-refractivity contribution in [1.29, 1.82) is 0 Å². The van der Waals surface area contributed by atoms with Crippen LogP contribution in [-0.2, 0) is 13.1 Å². The Kier molecular flexibility index (Phi) is 6.50. The molecule has 0 saturated carbocycles. The Morgan fingerprint density at radius 2 is 1.90 bits per heavy atom. The van der Waals surface area contributed by atoms with E-state index in [1.54, 1.807) is 4.68 Å². The Labute approximate surface area is 195 Å². The van der Waals surface area contributed by atoms with Crippen LogP contribution in [0.5, 0.6) is 0 Å². The molecular weight excluding hydrogens is 482 g/mol. The largest absolute Gasteiger partial charge is 0.361 e. The van der Waals surface area contributed by atoms with Crippen molar-refractivity contribution in [1.82, 2.24) is 24.7 Å². The van der Waals surface area contributed by atoms with Gasteiger partial charge in [0.2, 0.25) is 0 Å². The molecule has 0 atom stereocenters. The summed E-state index contributed by atoms with van der Waals surface area (Å²) in [6.07, 6.45) is 0. The molecular formula is C22H25BrClN5O2. The number of halogens is 2. The number of piperazine rings is 1. The zero-order chi connectivity index (χ0) is 22.1. The summed E-state index contributed by atoms with van der Waals surface area (Å²) in [4.78, 5) is 17.4. The van der Waals surface area contributed by atoms with E-state index in [4.69, 9.17) is 16.1 Å². The molecule has 1 aromatic carbocycles. The van der Waals surface area contributed by atoms with Crippen LogP contribution < -0.4 is 0 Å². The average molecular weight is 507 g/mol. The van der Waals surface area contributed by atoms with Crippen molar-refractivity contribution < 1.29 is 9.32 Å². The second kappa shape index (κ2) is 9.14. The molecule has 0 radical (unpaired) electrons. The third kappa shape index (κ3) is 4.71. The Bertz CT molecular complexity index is 1100. The first-order valence-electron chi connectivity index (χ1n) is 10.2. The summed E-state index contributed by atoms with van der Waals surface area (Å²) in [7, 11) is 0. The molecule has 31 heavy (non-hydrogen) atoms. The Balaban J connectivity index is 1.43. The van der Waals surface area contributed by atoms with Crippen LogP contribution in [0.15, 0.2) is 33.3 Å². The van der Waals surface area contributed by atoms with E-state index in [0.29, 0.717) is 36.1 Å². The molecule has 1 fully saturated rings. The second-order valence-corrected chi connectivity index (χ2v) is 9.20. The third-order valence-electron chi connectivity index (χ3n) is 5.74. The molecule has 9 heteroatoms. The third-order valence-corrected chi connectivity index (χ3v) is 6.78. The van der Waals surface area contributed by atoms with Gasteiger partial charge >= 0.3 is 0 Å². The number of amides is 1. The lowest BCUT2D eigenvalue weighted by Gasteiger charge is -2.34. The van der Waals surface area contributed by atoms with Crippen molar-refractivity contribution in [3.05, 3.63) is 67.7 Å². The molecule has 1 amide bonds. The highest BCUT2D eigenvalue weighted by molar-refractivity contribution is 9.10. The van der Waals surface area contributed by atoms with E-state index in [-0.39, 0.29) is 5.91 Å². The first-order valence-corrected chi connectivity index (χ1v) is 11.4. The number of hydrogen-bond donors (Lipinski definition) is 0. The van der Waals surface area contributed by atoms with Crippen LogP contribution in [0, 0.1) is 20.8 Å². The molecule has 2 aromatic heterocycles. The van der Waals surface area contributed by atoms with Crippen LogP contribution in [0.25, 0.3) is 0 Å². The molecule has 0 aliphatic carbocycles. The first kappa shape index (κ1) is 22.0. The van der Waals surface area contributed by atoms with Crippen LogP contribution in [0.1, 0.15) is 38.8 Å². The number of benzene rings is 1. The molecule has 1 saturated heterocycles. The number of hydrogen-bond acceptors (Lipinski definition) is 5.